The van der Waals surface area contributed by atoms with Crippen molar-refractivity contribution in [2.45, 2.75) is 65.5 Å². The number of carbonyl (C=O) groups is 1. The summed E-state index contributed by atoms with van der Waals surface area (Å²) in [7, 11) is 3.52. The summed E-state index contributed by atoms with van der Waals surface area (Å²) in [6, 6.07) is 0.0632. The number of aliphatic imine (C=N–C) groups is 1. The van der Waals surface area contributed by atoms with Crippen molar-refractivity contribution in [1.82, 2.24) is 20.5 Å². The molecule has 0 radical (unpaired) electrons. The highest BCUT2D eigenvalue weighted by Crippen LogP contribution is 2.13. The lowest BCUT2D eigenvalue weighted by atomic mass is 10.2. The molecular weight excluding hydrogens is 362 g/mol. The first-order valence-electron chi connectivity index (χ1n) is 9.50. The van der Waals surface area contributed by atoms with Gasteiger partial charge in [-0.3, -0.25) is 4.99 Å². The van der Waals surface area contributed by atoms with E-state index in [2.05, 4.69) is 27.5 Å². The molecule has 1 aromatic rings. The van der Waals surface area contributed by atoms with Crippen molar-refractivity contribution >= 4 is 23.4 Å². The lowest BCUT2D eigenvalue weighted by Gasteiger charge is -2.28. The largest absolute Gasteiger partial charge is 0.444 e. The standard InChI is InChI=1S/C19H35N5O2S/c1-8-15-13-23-16(27-15)10-12-22-17(20-6)21-11-9-14(2)24(7)18(25)26-19(3,4)5/h13-14H,8-12H2,1-7H3,(H2,20,21,22). The Morgan fingerprint density at radius 3 is 2.59 bits per heavy atom. The number of hydrogen-bond donors (Lipinski definition) is 2. The second-order valence-electron chi connectivity index (χ2n) is 7.48. The van der Waals surface area contributed by atoms with Gasteiger partial charge in [-0.1, -0.05) is 6.92 Å². The summed E-state index contributed by atoms with van der Waals surface area (Å²) in [6.07, 6.45) is 4.36. The number of aromatic nitrogens is 1. The van der Waals surface area contributed by atoms with Crippen LogP contribution in [-0.4, -0.2) is 60.8 Å². The topological polar surface area (TPSA) is 78.9 Å². The Morgan fingerprint density at radius 1 is 1.37 bits per heavy atom. The number of thiazole rings is 1. The molecule has 2 N–H and O–H groups in total. The molecule has 8 heteroatoms. The van der Waals surface area contributed by atoms with Gasteiger partial charge < -0.3 is 20.3 Å². The van der Waals surface area contributed by atoms with Gasteiger partial charge in [-0.25, -0.2) is 9.78 Å². The predicted octanol–water partition coefficient (Wildman–Crippen LogP) is 3.06. The fourth-order valence-electron chi connectivity index (χ4n) is 2.24. The minimum atomic E-state index is -0.482. The minimum Gasteiger partial charge on any atom is -0.444 e. The van der Waals surface area contributed by atoms with Gasteiger partial charge in [0.15, 0.2) is 5.96 Å². The lowest BCUT2D eigenvalue weighted by molar-refractivity contribution is 0.0230. The molecule has 27 heavy (non-hydrogen) atoms. The molecule has 1 rings (SSSR count). The first-order valence-corrected chi connectivity index (χ1v) is 10.3. The molecule has 0 aromatic carbocycles. The molecule has 154 valence electrons. The molecule has 1 unspecified atom stereocenters. The van der Waals surface area contributed by atoms with Crippen LogP contribution in [0.25, 0.3) is 0 Å². The molecule has 0 bridgehead atoms. The molecule has 0 aliphatic heterocycles. The average molecular weight is 398 g/mol. The monoisotopic (exact) mass is 397 g/mol. The summed E-state index contributed by atoms with van der Waals surface area (Å²) >= 11 is 1.76. The van der Waals surface area contributed by atoms with Crippen molar-refractivity contribution in [1.29, 1.82) is 0 Å². The summed E-state index contributed by atoms with van der Waals surface area (Å²) in [5.41, 5.74) is -0.482. The Labute approximate surface area is 167 Å². The SMILES string of the molecule is CCc1cnc(CCNC(=NC)NCCC(C)N(C)C(=O)OC(C)(C)C)s1. The number of hydrogen-bond acceptors (Lipinski definition) is 5. The average Bonchev–Trinajstić information content (AvgIpc) is 3.06. The van der Waals surface area contributed by atoms with Crippen molar-refractivity contribution in [3.8, 4) is 0 Å². The zero-order chi connectivity index (χ0) is 20.4. The van der Waals surface area contributed by atoms with E-state index in [1.807, 2.05) is 33.9 Å². The van der Waals surface area contributed by atoms with Crippen molar-refractivity contribution < 1.29 is 9.53 Å². The summed E-state index contributed by atoms with van der Waals surface area (Å²) < 4.78 is 5.40. The third-order valence-corrected chi connectivity index (χ3v) is 5.20. The van der Waals surface area contributed by atoms with Crippen LogP contribution >= 0.6 is 11.3 Å². The summed E-state index contributed by atoms with van der Waals surface area (Å²) in [5.74, 6) is 0.759. The van der Waals surface area contributed by atoms with E-state index in [0.29, 0.717) is 6.54 Å². The Hall–Kier alpha value is -1.83. The zero-order valence-corrected chi connectivity index (χ0v) is 18.6. The van der Waals surface area contributed by atoms with Crippen LogP contribution in [-0.2, 0) is 17.6 Å². The molecule has 1 amide bonds. The molecule has 1 heterocycles. The van der Waals surface area contributed by atoms with Crippen LogP contribution in [0, 0.1) is 0 Å². The number of rotatable bonds is 8. The highest BCUT2D eigenvalue weighted by molar-refractivity contribution is 7.11. The first kappa shape index (κ1) is 23.2. The fraction of sp³-hybridized carbons (Fsp3) is 0.737. The molecule has 0 aliphatic rings. The van der Waals surface area contributed by atoms with Gasteiger partial charge in [0.1, 0.15) is 5.60 Å². The maximum Gasteiger partial charge on any atom is 0.410 e. The predicted molar refractivity (Wildman–Crippen MR) is 113 cm³/mol. The number of nitrogens with zero attached hydrogens (tertiary/aromatic N) is 3. The Bertz CT molecular complexity index is 609. The lowest BCUT2D eigenvalue weighted by Crippen LogP contribution is -2.43. The van der Waals surface area contributed by atoms with Crippen molar-refractivity contribution in [2.24, 2.45) is 4.99 Å². The van der Waals surface area contributed by atoms with Crippen molar-refractivity contribution in [3.63, 3.8) is 0 Å². The van der Waals surface area contributed by atoms with Gasteiger partial charge in [0.25, 0.3) is 0 Å². The highest BCUT2D eigenvalue weighted by Gasteiger charge is 2.22. The van der Waals surface area contributed by atoms with E-state index < -0.39 is 5.60 Å². The summed E-state index contributed by atoms with van der Waals surface area (Å²) in [5, 5.41) is 7.73. The van der Waals surface area contributed by atoms with Crippen molar-refractivity contribution in [3.05, 3.63) is 16.1 Å². The van der Waals surface area contributed by atoms with E-state index in [4.69, 9.17) is 4.74 Å². The number of ether oxygens (including phenoxy) is 1. The number of aryl methyl sites for hydroxylation is 1. The molecule has 0 saturated heterocycles. The van der Waals surface area contributed by atoms with Crippen LogP contribution < -0.4 is 10.6 Å². The van der Waals surface area contributed by atoms with Gasteiger partial charge in [-0.15, -0.1) is 11.3 Å². The van der Waals surface area contributed by atoms with E-state index in [1.165, 1.54) is 4.88 Å². The highest BCUT2D eigenvalue weighted by atomic mass is 32.1. The molecular formula is C19H35N5O2S. The third kappa shape index (κ3) is 9.08. The molecule has 0 spiro atoms. The van der Waals surface area contributed by atoms with Crippen LogP contribution in [0.3, 0.4) is 0 Å². The Balaban J connectivity index is 2.30. The molecule has 0 aliphatic carbocycles. The zero-order valence-electron chi connectivity index (χ0n) is 17.8. The van der Waals surface area contributed by atoms with Crippen LogP contribution in [0.5, 0.6) is 0 Å². The van der Waals surface area contributed by atoms with E-state index in [-0.39, 0.29) is 12.1 Å². The van der Waals surface area contributed by atoms with Crippen LogP contribution in [0.1, 0.15) is 50.9 Å². The minimum absolute atomic E-state index is 0.0632. The molecule has 1 aromatic heterocycles. The Kier molecular flexibility index (Phi) is 9.55. The van der Waals surface area contributed by atoms with E-state index in [9.17, 15) is 4.79 Å². The van der Waals surface area contributed by atoms with Crippen LogP contribution in [0.4, 0.5) is 4.79 Å². The molecule has 0 fully saturated rings. The third-order valence-electron chi connectivity index (χ3n) is 4.00. The summed E-state index contributed by atoms with van der Waals surface area (Å²) in [4.78, 5) is 23.7. The second kappa shape index (κ2) is 11.1. The van der Waals surface area contributed by atoms with Gasteiger partial charge in [-0.2, -0.15) is 0 Å². The maximum atomic E-state index is 12.1. The van der Waals surface area contributed by atoms with Gasteiger partial charge in [0.2, 0.25) is 0 Å². The molecule has 0 saturated carbocycles. The quantitative estimate of drug-likeness (QED) is 0.521. The van der Waals surface area contributed by atoms with Crippen LogP contribution in [0.2, 0.25) is 0 Å². The number of carbonyl (C=O) groups excluding carboxylic acids is 1. The first-order chi connectivity index (χ1) is 12.7. The molecule has 7 nitrogen and oxygen atoms in total. The van der Waals surface area contributed by atoms with Crippen molar-refractivity contribution in [2.75, 3.05) is 27.2 Å². The van der Waals surface area contributed by atoms with Crippen LogP contribution in [0.15, 0.2) is 11.2 Å². The smallest absolute Gasteiger partial charge is 0.410 e. The maximum absolute atomic E-state index is 12.1. The second-order valence-corrected chi connectivity index (χ2v) is 8.68. The fourth-order valence-corrected chi connectivity index (χ4v) is 3.10. The van der Waals surface area contributed by atoms with E-state index in [0.717, 1.165) is 36.8 Å². The molecule has 1 atom stereocenters. The number of amides is 1. The van der Waals surface area contributed by atoms with E-state index >= 15 is 0 Å². The normalized spacial score (nSPS) is 13.2. The van der Waals surface area contributed by atoms with E-state index in [1.54, 1.807) is 30.3 Å². The van der Waals surface area contributed by atoms with Gasteiger partial charge >= 0.3 is 6.09 Å². The van der Waals surface area contributed by atoms with Gasteiger partial charge in [0, 0.05) is 50.7 Å². The number of nitrogens with one attached hydrogen (secondary N) is 2. The summed E-state index contributed by atoms with van der Waals surface area (Å²) in [6.45, 7) is 11.3. The van der Waals surface area contributed by atoms with Gasteiger partial charge in [0.05, 0.1) is 5.01 Å². The number of guanidine groups is 1. The van der Waals surface area contributed by atoms with Gasteiger partial charge in [-0.05, 0) is 40.5 Å². The Morgan fingerprint density at radius 2 is 2.04 bits per heavy atom.